The summed E-state index contributed by atoms with van der Waals surface area (Å²) in [5.74, 6) is 0.761. The minimum Gasteiger partial charge on any atom is -0.508 e. The molecule has 4 nitrogen and oxygen atoms in total. The number of rotatable bonds is 1. The average molecular weight is 235 g/mol. The standard InChI is InChI=1S/C13H17NO3/c1-17-13(16)14-8-6-11(7-9-14)10-2-4-12(15)5-3-10/h2-5,11,15H,6-9H2,1H3. The van der Waals surface area contributed by atoms with E-state index in [9.17, 15) is 9.90 Å². The third kappa shape index (κ3) is 2.70. The largest absolute Gasteiger partial charge is 0.508 e. The van der Waals surface area contributed by atoms with Gasteiger partial charge in [-0.2, -0.15) is 0 Å². The molecule has 1 saturated heterocycles. The summed E-state index contributed by atoms with van der Waals surface area (Å²) in [6.45, 7) is 1.47. The Bertz CT molecular complexity index is 380. The molecule has 1 heterocycles. The second-order valence-electron chi connectivity index (χ2n) is 4.32. The van der Waals surface area contributed by atoms with Crippen LogP contribution in [-0.4, -0.2) is 36.3 Å². The van der Waals surface area contributed by atoms with E-state index in [4.69, 9.17) is 4.74 Å². The monoisotopic (exact) mass is 235 g/mol. The van der Waals surface area contributed by atoms with Crippen LogP contribution in [0.2, 0.25) is 0 Å². The number of ether oxygens (including phenoxy) is 1. The first-order valence-corrected chi connectivity index (χ1v) is 5.82. The lowest BCUT2D eigenvalue weighted by Gasteiger charge is -2.31. The van der Waals surface area contributed by atoms with Gasteiger partial charge in [-0.1, -0.05) is 12.1 Å². The van der Waals surface area contributed by atoms with Crippen molar-refractivity contribution in [2.75, 3.05) is 20.2 Å². The number of carbonyl (C=O) groups excluding carboxylic acids is 1. The van der Waals surface area contributed by atoms with Gasteiger partial charge < -0.3 is 14.7 Å². The Hall–Kier alpha value is -1.71. The minimum atomic E-state index is -0.242. The van der Waals surface area contributed by atoms with Crippen LogP contribution in [0.4, 0.5) is 4.79 Å². The normalized spacial score (nSPS) is 16.9. The van der Waals surface area contributed by atoms with Crippen molar-refractivity contribution >= 4 is 6.09 Å². The number of methoxy groups -OCH3 is 1. The van der Waals surface area contributed by atoms with Gasteiger partial charge in [0.1, 0.15) is 5.75 Å². The van der Waals surface area contributed by atoms with Crippen LogP contribution in [0.3, 0.4) is 0 Å². The number of benzene rings is 1. The highest BCUT2D eigenvalue weighted by Gasteiger charge is 2.23. The number of nitrogens with zero attached hydrogens (tertiary/aromatic N) is 1. The number of phenols is 1. The van der Waals surface area contributed by atoms with E-state index < -0.39 is 0 Å². The molecule has 1 aromatic carbocycles. The first-order chi connectivity index (χ1) is 8.20. The molecular formula is C13H17NO3. The number of phenolic OH excluding ortho intramolecular Hbond substituents is 1. The molecule has 1 aromatic rings. The fourth-order valence-electron chi connectivity index (χ4n) is 2.27. The zero-order valence-corrected chi connectivity index (χ0v) is 9.93. The summed E-state index contributed by atoms with van der Waals surface area (Å²) in [4.78, 5) is 13.1. The van der Waals surface area contributed by atoms with Gasteiger partial charge >= 0.3 is 6.09 Å². The molecule has 17 heavy (non-hydrogen) atoms. The van der Waals surface area contributed by atoms with Gasteiger partial charge in [-0.25, -0.2) is 4.79 Å². The summed E-state index contributed by atoms with van der Waals surface area (Å²) in [5, 5.41) is 9.23. The quantitative estimate of drug-likeness (QED) is 0.812. The topological polar surface area (TPSA) is 49.8 Å². The van der Waals surface area contributed by atoms with Crippen LogP contribution in [0, 0.1) is 0 Å². The van der Waals surface area contributed by atoms with Crippen LogP contribution in [0.1, 0.15) is 24.3 Å². The summed E-state index contributed by atoms with van der Waals surface area (Å²) in [7, 11) is 1.41. The van der Waals surface area contributed by atoms with E-state index in [1.165, 1.54) is 12.7 Å². The van der Waals surface area contributed by atoms with E-state index in [0.717, 1.165) is 25.9 Å². The van der Waals surface area contributed by atoms with E-state index in [-0.39, 0.29) is 6.09 Å². The summed E-state index contributed by atoms with van der Waals surface area (Å²) in [5.41, 5.74) is 1.23. The Morgan fingerprint density at radius 3 is 2.41 bits per heavy atom. The Balaban J connectivity index is 1.95. The van der Waals surface area contributed by atoms with Crippen molar-refractivity contribution in [3.63, 3.8) is 0 Å². The molecule has 0 saturated carbocycles. The number of amides is 1. The lowest BCUT2D eigenvalue weighted by Crippen LogP contribution is -2.37. The van der Waals surface area contributed by atoms with Crippen LogP contribution >= 0.6 is 0 Å². The van der Waals surface area contributed by atoms with E-state index >= 15 is 0 Å². The molecule has 1 amide bonds. The van der Waals surface area contributed by atoms with Crippen molar-refractivity contribution in [2.45, 2.75) is 18.8 Å². The van der Waals surface area contributed by atoms with Gasteiger partial charge in [-0.3, -0.25) is 0 Å². The van der Waals surface area contributed by atoms with Crippen molar-refractivity contribution in [1.82, 2.24) is 4.90 Å². The number of likely N-dealkylation sites (tertiary alicyclic amines) is 1. The minimum absolute atomic E-state index is 0.242. The molecule has 0 aromatic heterocycles. The molecule has 0 aliphatic carbocycles. The molecule has 0 spiro atoms. The predicted octanol–water partition coefficient (Wildman–Crippen LogP) is 2.34. The van der Waals surface area contributed by atoms with Gasteiger partial charge in [0.05, 0.1) is 7.11 Å². The Kier molecular flexibility index (Phi) is 3.52. The maximum atomic E-state index is 11.3. The maximum absolute atomic E-state index is 11.3. The predicted molar refractivity (Wildman–Crippen MR) is 64.1 cm³/mol. The second kappa shape index (κ2) is 5.08. The lowest BCUT2D eigenvalue weighted by atomic mass is 9.89. The molecule has 0 bridgehead atoms. The number of hydrogen-bond acceptors (Lipinski definition) is 3. The Morgan fingerprint density at radius 2 is 1.88 bits per heavy atom. The number of piperidine rings is 1. The van der Waals surface area contributed by atoms with E-state index in [1.54, 1.807) is 17.0 Å². The molecule has 0 radical (unpaired) electrons. The molecule has 4 heteroatoms. The summed E-state index contributed by atoms with van der Waals surface area (Å²) in [6.07, 6.45) is 1.65. The molecule has 2 rings (SSSR count). The van der Waals surface area contributed by atoms with Crippen LogP contribution < -0.4 is 0 Å². The molecule has 0 unspecified atom stereocenters. The first-order valence-electron chi connectivity index (χ1n) is 5.82. The van der Waals surface area contributed by atoms with Crippen LogP contribution in [0.15, 0.2) is 24.3 Å². The fraction of sp³-hybridized carbons (Fsp3) is 0.462. The van der Waals surface area contributed by atoms with Crippen LogP contribution in [0.5, 0.6) is 5.75 Å². The van der Waals surface area contributed by atoms with Crippen LogP contribution in [-0.2, 0) is 4.74 Å². The second-order valence-corrected chi connectivity index (χ2v) is 4.32. The van der Waals surface area contributed by atoms with Gasteiger partial charge in [0.2, 0.25) is 0 Å². The van der Waals surface area contributed by atoms with Gasteiger partial charge in [0.25, 0.3) is 0 Å². The Morgan fingerprint density at radius 1 is 1.29 bits per heavy atom. The van der Waals surface area contributed by atoms with Crippen molar-refractivity contribution in [3.8, 4) is 5.75 Å². The van der Waals surface area contributed by atoms with Crippen molar-refractivity contribution in [2.24, 2.45) is 0 Å². The third-order valence-corrected chi connectivity index (χ3v) is 3.29. The van der Waals surface area contributed by atoms with Gasteiger partial charge in [0, 0.05) is 13.1 Å². The average Bonchev–Trinajstić information content (AvgIpc) is 2.39. The number of carbonyl (C=O) groups is 1. The molecule has 1 aliphatic rings. The Labute approximate surface area is 101 Å². The van der Waals surface area contributed by atoms with E-state index in [1.807, 2.05) is 12.1 Å². The van der Waals surface area contributed by atoms with Gasteiger partial charge in [0.15, 0.2) is 0 Å². The molecule has 0 atom stereocenters. The molecule has 1 aliphatic heterocycles. The number of aromatic hydroxyl groups is 1. The van der Waals surface area contributed by atoms with Gasteiger partial charge in [-0.05, 0) is 36.5 Å². The maximum Gasteiger partial charge on any atom is 0.409 e. The van der Waals surface area contributed by atoms with Crippen molar-refractivity contribution in [3.05, 3.63) is 29.8 Å². The molecule has 92 valence electrons. The fourth-order valence-corrected chi connectivity index (χ4v) is 2.27. The highest BCUT2D eigenvalue weighted by atomic mass is 16.5. The zero-order chi connectivity index (χ0) is 12.3. The highest BCUT2D eigenvalue weighted by molar-refractivity contribution is 5.67. The third-order valence-electron chi connectivity index (χ3n) is 3.29. The molecule has 1 N–H and O–H groups in total. The van der Waals surface area contributed by atoms with Crippen molar-refractivity contribution < 1.29 is 14.6 Å². The molecular weight excluding hydrogens is 218 g/mol. The van der Waals surface area contributed by atoms with Crippen molar-refractivity contribution in [1.29, 1.82) is 0 Å². The lowest BCUT2D eigenvalue weighted by molar-refractivity contribution is 0.112. The summed E-state index contributed by atoms with van der Waals surface area (Å²) in [6, 6.07) is 7.33. The SMILES string of the molecule is COC(=O)N1CCC(c2ccc(O)cc2)CC1. The summed E-state index contributed by atoms with van der Waals surface area (Å²) >= 11 is 0. The highest BCUT2D eigenvalue weighted by Crippen LogP contribution is 2.29. The smallest absolute Gasteiger partial charge is 0.409 e. The van der Waals surface area contributed by atoms with E-state index in [2.05, 4.69) is 0 Å². The first kappa shape index (κ1) is 11.8. The summed E-state index contributed by atoms with van der Waals surface area (Å²) < 4.78 is 4.70. The molecule has 1 fully saturated rings. The van der Waals surface area contributed by atoms with Gasteiger partial charge in [-0.15, -0.1) is 0 Å². The van der Waals surface area contributed by atoms with Crippen LogP contribution in [0.25, 0.3) is 0 Å². The van der Waals surface area contributed by atoms with E-state index in [0.29, 0.717) is 11.7 Å². The number of hydrogen-bond donors (Lipinski definition) is 1. The zero-order valence-electron chi connectivity index (χ0n) is 9.93.